The fourth-order valence-electron chi connectivity index (χ4n) is 3.97. The quantitative estimate of drug-likeness (QED) is 0.735. The number of hydrogen-bond acceptors (Lipinski definition) is 7. The van der Waals surface area contributed by atoms with Crippen LogP contribution in [0.5, 0.6) is 0 Å². The van der Waals surface area contributed by atoms with E-state index in [0.717, 1.165) is 44.8 Å². The zero-order valence-corrected chi connectivity index (χ0v) is 17.1. The largest absolute Gasteiger partial charge is 0.333 e. The van der Waals surface area contributed by atoms with E-state index in [2.05, 4.69) is 59.8 Å². The molecule has 0 saturated carbocycles. The molecule has 1 unspecified atom stereocenters. The van der Waals surface area contributed by atoms with E-state index in [1.807, 2.05) is 11.3 Å². The lowest BCUT2D eigenvalue weighted by molar-refractivity contribution is -0.168. The zero-order chi connectivity index (χ0) is 19.0. The Morgan fingerprint density at radius 1 is 1.19 bits per heavy atom. The Morgan fingerprint density at radius 3 is 2.70 bits per heavy atom. The molecule has 0 aromatic heterocycles. The Kier molecular flexibility index (Phi) is 5.25. The topological polar surface area (TPSA) is 37.8 Å². The molecule has 1 fully saturated rings. The first-order chi connectivity index (χ1) is 13.1. The number of piperazine rings is 1. The van der Waals surface area contributed by atoms with E-state index in [0.29, 0.717) is 19.3 Å². The van der Waals surface area contributed by atoms with Gasteiger partial charge in [0.2, 0.25) is 0 Å². The smallest absolute Gasteiger partial charge is 0.137 e. The van der Waals surface area contributed by atoms with Gasteiger partial charge in [-0.2, -0.15) is 0 Å². The average molecular weight is 373 g/mol. The minimum absolute atomic E-state index is 0.353. The summed E-state index contributed by atoms with van der Waals surface area (Å²) in [6.07, 6.45) is 7.45. The molecule has 0 N–H and O–H groups in total. The summed E-state index contributed by atoms with van der Waals surface area (Å²) >= 11 is 0. The number of fused-ring (bicyclic) bond motifs is 2. The van der Waals surface area contributed by atoms with Crippen LogP contribution in [0, 0.1) is 5.92 Å². The van der Waals surface area contributed by atoms with Crippen molar-refractivity contribution in [2.75, 3.05) is 53.2 Å². The predicted molar refractivity (Wildman–Crippen MR) is 107 cm³/mol. The van der Waals surface area contributed by atoms with Gasteiger partial charge in [-0.3, -0.25) is 14.7 Å². The first-order valence-electron chi connectivity index (χ1n) is 10.1. The first-order valence-corrected chi connectivity index (χ1v) is 10.1. The maximum Gasteiger partial charge on any atom is 0.137 e. The van der Waals surface area contributed by atoms with Gasteiger partial charge in [0.05, 0.1) is 23.8 Å². The van der Waals surface area contributed by atoms with Gasteiger partial charge in [0.1, 0.15) is 19.2 Å². The van der Waals surface area contributed by atoms with Crippen molar-refractivity contribution in [2.24, 2.45) is 10.9 Å². The Labute approximate surface area is 162 Å². The molecule has 7 nitrogen and oxygen atoms in total. The number of likely N-dealkylation sites (N-methyl/N-ethyl adjacent to an activating group) is 1. The van der Waals surface area contributed by atoms with E-state index >= 15 is 0 Å². The number of nitrogens with zero attached hydrogens (tertiary/aromatic N) is 6. The SMILES string of the molecule is CCCN1C=C(C)C(C)C2=C1N1CN(OCN3CCN(C)CC3)C=C1C=N2. The number of rotatable bonds is 5. The van der Waals surface area contributed by atoms with Crippen molar-refractivity contribution in [1.29, 1.82) is 0 Å². The summed E-state index contributed by atoms with van der Waals surface area (Å²) < 4.78 is 0. The number of hydrogen-bond donors (Lipinski definition) is 0. The molecule has 7 heteroatoms. The highest BCUT2D eigenvalue weighted by Gasteiger charge is 2.35. The molecule has 0 amide bonds. The van der Waals surface area contributed by atoms with Crippen LogP contribution < -0.4 is 0 Å². The molecule has 4 heterocycles. The molecule has 0 aromatic rings. The summed E-state index contributed by atoms with van der Waals surface area (Å²) in [5, 5.41) is 1.95. The van der Waals surface area contributed by atoms with Gasteiger partial charge in [-0.05, 0) is 26.0 Å². The lowest BCUT2D eigenvalue weighted by Crippen LogP contribution is -2.46. The van der Waals surface area contributed by atoms with Crippen LogP contribution in [0.4, 0.5) is 0 Å². The highest BCUT2D eigenvalue weighted by Crippen LogP contribution is 2.38. The summed E-state index contributed by atoms with van der Waals surface area (Å²) in [6.45, 7) is 13.4. The number of hydroxylamine groups is 2. The van der Waals surface area contributed by atoms with E-state index in [1.165, 1.54) is 17.1 Å². The van der Waals surface area contributed by atoms with E-state index in [-0.39, 0.29) is 0 Å². The van der Waals surface area contributed by atoms with E-state index in [9.17, 15) is 0 Å². The number of allylic oxidation sites excluding steroid dienone is 2. The molecule has 0 bridgehead atoms. The maximum atomic E-state index is 6.10. The highest BCUT2D eigenvalue weighted by atomic mass is 16.7. The molecular formula is C20H32N6O. The van der Waals surface area contributed by atoms with Crippen molar-refractivity contribution >= 4 is 6.21 Å². The Morgan fingerprint density at radius 2 is 1.96 bits per heavy atom. The standard InChI is InChI=1S/C20H32N6O/c1-5-6-24-12-16(2)17(3)19-20(24)26-14-25(13-18(26)11-21-19)27-15-23-9-7-22(4)8-10-23/h11-13,17H,5-10,14-15H2,1-4H3. The third-order valence-electron chi connectivity index (χ3n) is 5.88. The van der Waals surface area contributed by atoms with Gasteiger partial charge in [0, 0.05) is 44.8 Å². The summed E-state index contributed by atoms with van der Waals surface area (Å²) in [5.41, 5.74) is 3.64. The molecule has 0 radical (unpaired) electrons. The maximum absolute atomic E-state index is 6.10. The van der Waals surface area contributed by atoms with Gasteiger partial charge < -0.3 is 14.7 Å². The minimum Gasteiger partial charge on any atom is -0.333 e. The van der Waals surface area contributed by atoms with Crippen molar-refractivity contribution in [1.82, 2.24) is 24.7 Å². The zero-order valence-electron chi connectivity index (χ0n) is 17.1. The van der Waals surface area contributed by atoms with Crippen molar-refractivity contribution in [3.8, 4) is 0 Å². The molecule has 4 rings (SSSR count). The fourth-order valence-corrected chi connectivity index (χ4v) is 3.97. The second-order valence-electron chi connectivity index (χ2n) is 7.98. The number of aliphatic imine (C=N–C) groups is 1. The Hall–Kier alpha value is -1.83. The molecule has 0 aromatic carbocycles. The van der Waals surface area contributed by atoms with Crippen LogP contribution in [0.3, 0.4) is 0 Å². The summed E-state index contributed by atoms with van der Waals surface area (Å²) in [5.74, 6) is 1.57. The van der Waals surface area contributed by atoms with Gasteiger partial charge in [-0.1, -0.05) is 13.8 Å². The molecule has 0 spiro atoms. The Bertz CT molecular complexity index is 689. The van der Waals surface area contributed by atoms with Crippen molar-refractivity contribution in [3.05, 3.63) is 35.2 Å². The third-order valence-corrected chi connectivity index (χ3v) is 5.88. The van der Waals surface area contributed by atoms with E-state index in [1.54, 1.807) is 0 Å². The molecular weight excluding hydrogens is 340 g/mol. The normalized spacial score (nSPS) is 26.4. The second kappa shape index (κ2) is 7.66. The average Bonchev–Trinajstić information content (AvgIpc) is 3.08. The van der Waals surface area contributed by atoms with E-state index in [4.69, 9.17) is 9.83 Å². The lowest BCUT2D eigenvalue weighted by atomic mass is 9.95. The minimum atomic E-state index is 0.353. The molecule has 1 saturated heterocycles. The second-order valence-corrected chi connectivity index (χ2v) is 7.98. The third kappa shape index (κ3) is 3.63. The van der Waals surface area contributed by atoms with Crippen LogP contribution in [-0.2, 0) is 4.84 Å². The molecule has 27 heavy (non-hydrogen) atoms. The fraction of sp³-hybridized carbons (Fsp3) is 0.650. The van der Waals surface area contributed by atoms with Gasteiger partial charge >= 0.3 is 0 Å². The van der Waals surface area contributed by atoms with Gasteiger partial charge in [-0.25, -0.2) is 5.06 Å². The molecule has 148 valence electrons. The molecule has 4 aliphatic rings. The lowest BCUT2D eigenvalue weighted by Gasteiger charge is -2.40. The van der Waals surface area contributed by atoms with Crippen LogP contribution in [0.2, 0.25) is 0 Å². The summed E-state index contributed by atoms with van der Waals surface area (Å²) in [6, 6.07) is 0. The summed E-state index contributed by atoms with van der Waals surface area (Å²) in [4.78, 5) is 20.3. The molecule has 4 aliphatic heterocycles. The van der Waals surface area contributed by atoms with Crippen molar-refractivity contribution in [2.45, 2.75) is 27.2 Å². The van der Waals surface area contributed by atoms with Crippen LogP contribution >= 0.6 is 0 Å². The molecule has 0 aliphatic carbocycles. The first kappa shape index (κ1) is 18.5. The van der Waals surface area contributed by atoms with Gasteiger partial charge in [0.15, 0.2) is 0 Å². The van der Waals surface area contributed by atoms with Crippen molar-refractivity contribution in [3.63, 3.8) is 0 Å². The van der Waals surface area contributed by atoms with Gasteiger partial charge in [0.25, 0.3) is 0 Å². The van der Waals surface area contributed by atoms with Crippen LogP contribution in [0.25, 0.3) is 0 Å². The summed E-state index contributed by atoms with van der Waals surface area (Å²) in [7, 11) is 2.18. The van der Waals surface area contributed by atoms with E-state index < -0.39 is 0 Å². The van der Waals surface area contributed by atoms with Crippen LogP contribution in [0.15, 0.2) is 40.2 Å². The predicted octanol–water partition coefficient (Wildman–Crippen LogP) is 2.06. The molecule has 1 atom stereocenters. The van der Waals surface area contributed by atoms with Crippen molar-refractivity contribution < 1.29 is 4.84 Å². The van der Waals surface area contributed by atoms with Gasteiger partial charge in [-0.15, -0.1) is 0 Å². The monoisotopic (exact) mass is 372 g/mol. The van der Waals surface area contributed by atoms with Crippen LogP contribution in [0.1, 0.15) is 27.2 Å². The Balaban J connectivity index is 1.44. The van der Waals surface area contributed by atoms with Crippen LogP contribution in [-0.4, -0.2) is 84.0 Å². The highest BCUT2D eigenvalue weighted by molar-refractivity contribution is 5.81.